The second-order valence-corrected chi connectivity index (χ2v) is 9.88. The van der Waals surface area contributed by atoms with E-state index < -0.39 is 0 Å². The summed E-state index contributed by atoms with van der Waals surface area (Å²) in [5, 5.41) is 19.1. The molecule has 29 heavy (non-hydrogen) atoms. The molecular weight excluding hydrogens is 404 g/mol. The second-order valence-electron chi connectivity index (χ2n) is 7.30. The van der Waals surface area contributed by atoms with Crippen molar-refractivity contribution in [3.63, 3.8) is 0 Å². The summed E-state index contributed by atoms with van der Waals surface area (Å²) in [5.41, 5.74) is 1.92. The van der Waals surface area contributed by atoms with Crippen LogP contribution in [0.3, 0.4) is 0 Å². The van der Waals surface area contributed by atoms with Crippen LogP contribution in [0.2, 0.25) is 0 Å². The van der Waals surface area contributed by atoms with Gasteiger partial charge in [0.15, 0.2) is 0 Å². The maximum atomic E-state index is 4.86. The molecule has 0 aromatic rings. The lowest BCUT2D eigenvalue weighted by Crippen LogP contribution is -2.65. The summed E-state index contributed by atoms with van der Waals surface area (Å²) in [6.07, 6.45) is 1.13. The van der Waals surface area contributed by atoms with E-state index in [9.17, 15) is 0 Å². The summed E-state index contributed by atoms with van der Waals surface area (Å²) in [6.45, 7) is 20.1. The van der Waals surface area contributed by atoms with E-state index in [1.54, 1.807) is 11.8 Å². The van der Waals surface area contributed by atoms with E-state index in [-0.39, 0.29) is 4.33 Å². The Morgan fingerprint density at radius 3 is 1.86 bits per heavy atom. The van der Waals surface area contributed by atoms with Crippen molar-refractivity contribution in [2.45, 2.75) is 52.3 Å². The van der Waals surface area contributed by atoms with Crippen molar-refractivity contribution in [3.8, 4) is 0 Å². The SMILES string of the molecule is CCN(CC)CCCNC1=[N+]2N=C(C)C(C)=N[N+]3=C(NCN(CC)CC)S[C@]23S1. The number of nitrogens with zero attached hydrogens (tertiary/aromatic N) is 6. The van der Waals surface area contributed by atoms with Crippen LogP contribution in [-0.4, -0.2) is 91.2 Å². The summed E-state index contributed by atoms with van der Waals surface area (Å²) < 4.78 is 3.92. The van der Waals surface area contributed by atoms with Gasteiger partial charge in [0.1, 0.15) is 18.1 Å². The Bertz CT molecular complexity index is 736. The molecule has 0 saturated heterocycles. The van der Waals surface area contributed by atoms with Crippen molar-refractivity contribution in [2.24, 2.45) is 10.2 Å². The number of nitrogens with one attached hydrogen (secondary N) is 2. The van der Waals surface area contributed by atoms with Crippen molar-refractivity contribution >= 4 is 45.3 Å². The van der Waals surface area contributed by atoms with Crippen LogP contribution < -0.4 is 10.6 Å². The number of rotatable bonds is 10. The van der Waals surface area contributed by atoms with E-state index in [1.165, 1.54) is 0 Å². The maximum absolute atomic E-state index is 4.86. The molecular formula is C19H36N8S2+2. The highest BCUT2D eigenvalue weighted by molar-refractivity contribution is 8.32. The van der Waals surface area contributed by atoms with Gasteiger partial charge < -0.3 is 4.90 Å². The fraction of sp³-hybridized carbons (Fsp3) is 0.789. The second kappa shape index (κ2) is 9.80. The molecule has 1 atom stereocenters. The summed E-state index contributed by atoms with van der Waals surface area (Å²) in [4.78, 5) is 4.81. The van der Waals surface area contributed by atoms with Crippen molar-refractivity contribution in [2.75, 3.05) is 45.9 Å². The third-order valence-corrected chi connectivity index (χ3v) is 8.32. The third-order valence-electron chi connectivity index (χ3n) is 5.57. The summed E-state index contributed by atoms with van der Waals surface area (Å²) in [6, 6.07) is 0. The van der Waals surface area contributed by atoms with Gasteiger partial charge >= 0.3 is 14.7 Å². The number of thioether (sulfide) groups is 2. The van der Waals surface area contributed by atoms with Crippen LogP contribution in [0.25, 0.3) is 0 Å². The standard InChI is InChI=1S/C19H34N8S2/c1-7-24(8-2)13-11-12-20-17-26-19(28-17)27(23-16(6)15(5)22-26)18(29-19)21-14-25(9-3)10-4/h7-14H2,1-6H3/p+2/t19-/m1/s1. The Balaban J connectivity index is 1.69. The fourth-order valence-electron chi connectivity index (χ4n) is 3.35. The van der Waals surface area contributed by atoms with Crippen LogP contribution in [0.1, 0.15) is 48.0 Å². The number of amidine groups is 2. The van der Waals surface area contributed by atoms with Crippen molar-refractivity contribution in [3.05, 3.63) is 0 Å². The average Bonchev–Trinajstić information content (AvgIpc) is 2.77. The van der Waals surface area contributed by atoms with Gasteiger partial charge in [0.25, 0.3) is 0 Å². The topological polar surface area (TPSA) is 61.3 Å². The van der Waals surface area contributed by atoms with E-state index in [2.05, 4.69) is 57.5 Å². The van der Waals surface area contributed by atoms with Gasteiger partial charge in [-0.3, -0.25) is 15.5 Å². The first kappa shape index (κ1) is 22.6. The molecule has 0 aliphatic carbocycles. The fourth-order valence-corrected chi connectivity index (χ4v) is 6.05. The molecule has 1 spiro atoms. The van der Waals surface area contributed by atoms with Crippen LogP contribution in [0.15, 0.2) is 10.2 Å². The zero-order chi connectivity index (χ0) is 21.0. The van der Waals surface area contributed by atoms with Gasteiger partial charge in [-0.15, -0.1) is 0 Å². The first-order chi connectivity index (χ1) is 14.0. The lowest BCUT2D eigenvalue weighted by Gasteiger charge is -2.37. The first-order valence-corrected chi connectivity index (χ1v) is 12.4. The van der Waals surface area contributed by atoms with Gasteiger partial charge in [-0.25, -0.2) is 0 Å². The van der Waals surface area contributed by atoms with Gasteiger partial charge in [-0.05, 0) is 46.4 Å². The minimum absolute atomic E-state index is 0.286. The Morgan fingerprint density at radius 2 is 1.34 bits per heavy atom. The van der Waals surface area contributed by atoms with Crippen LogP contribution >= 0.6 is 23.5 Å². The summed E-state index contributed by atoms with van der Waals surface area (Å²) in [5.74, 6) is 0. The first-order valence-electron chi connectivity index (χ1n) is 10.7. The molecule has 0 aromatic heterocycles. The molecule has 0 fully saturated rings. The molecule has 3 heterocycles. The van der Waals surface area contributed by atoms with E-state index in [0.717, 1.165) is 74.1 Å². The molecule has 2 N–H and O–H groups in total. The zero-order valence-electron chi connectivity index (χ0n) is 18.7. The van der Waals surface area contributed by atoms with Crippen LogP contribution in [-0.2, 0) is 0 Å². The minimum atomic E-state index is -0.286. The number of hydrogen-bond donors (Lipinski definition) is 2. The van der Waals surface area contributed by atoms with Crippen LogP contribution in [0, 0.1) is 0 Å². The highest BCUT2D eigenvalue weighted by atomic mass is 32.2. The lowest BCUT2D eigenvalue weighted by molar-refractivity contribution is -0.783. The van der Waals surface area contributed by atoms with Crippen molar-refractivity contribution in [1.29, 1.82) is 0 Å². The molecule has 0 saturated carbocycles. The molecule has 0 amide bonds. The molecule has 162 valence electrons. The van der Waals surface area contributed by atoms with E-state index in [1.807, 2.05) is 25.6 Å². The summed E-state index contributed by atoms with van der Waals surface area (Å²) in [7, 11) is 0. The van der Waals surface area contributed by atoms with Crippen LogP contribution in [0.5, 0.6) is 0 Å². The highest BCUT2D eigenvalue weighted by Crippen LogP contribution is 2.53. The van der Waals surface area contributed by atoms with Crippen molar-refractivity contribution < 1.29 is 9.37 Å². The lowest BCUT2D eigenvalue weighted by atomic mass is 10.3. The largest absolute Gasteiger partial charge is 0.413 e. The zero-order valence-corrected chi connectivity index (χ0v) is 20.3. The molecule has 3 aliphatic heterocycles. The van der Waals surface area contributed by atoms with Gasteiger partial charge in [-0.1, -0.05) is 47.3 Å². The average molecular weight is 441 g/mol. The predicted molar refractivity (Wildman–Crippen MR) is 126 cm³/mol. The predicted octanol–water partition coefficient (Wildman–Crippen LogP) is 1.80. The van der Waals surface area contributed by atoms with E-state index in [4.69, 9.17) is 10.2 Å². The molecule has 0 aromatic carbocycles. The number of hydrazone groups is 2. The molecule has 0 bridgehead atoms. The maximum Gasteiger partial charge on any atom is 0.413 e. The van der Waals surface area contributed by atoms with E-state index >= 15 is 0 Å². The smallest absolute Gasteiger partial charge is 0.304 e. The quantitative estimate of drug-likeness (QED) is 0.307. The Hall–Kier alpha value is -1.10. The molecule has 0 unspecified atom stereocenters. The molecule has 8 nitrogen and oxygen atoms in total. The number of hydrogen-bond acceptors (Lipinski definition) is 8. The van der Waals surface area contributed by atoms with Gasteiger partial charge in [0, 0.05) is 6.54 Å². The van der Waals surface area contributed by atoms with Gasteiger partial charge in [0.2, 0.25) is 0 Å². The normalized spacial score (nSPS) is 23.2. The van der Waals surface area contributed by atoms with E-state index in [0.29, 0.717) is 0 Å². The third kappa shape index (κ3) is 4.50. The molecule has 0 radical (unpaired) electrons. The molecule has 3 rings (SSSR count). The van der Waals surface area contributed by atoms with Crippen LogP contribution in [0.4, 0.5) is 0 Å². The Kier molecular flexibility index (Phi) is 7.63. The summed E-state index contributed by atoms with van der Waals surface area (Å²) >= 11 is 3.61. The highest BCUT2D eigenvalue weighted by Gasteiger charge is 2.72. The van der Waals surface area contributed by atoms with Gasteiger partial charge in [0.05, 0.1) is 30.1 Å². The Morgan fingerprint density at radius 1 is 0.828 bits per heavy atom. The molecule has 10 heteroatoms. The molecule has 3 aliphatic rings. The van der Waals surface area contributed by atoms with Gasteiger partial charge in [-0.2, -0.15) is 0 Å². The Labute approximate surface area is 183 Å². The monoisotopic (exact) mass is 440 g/mol. The minimum Gasteiger partial charge on any atom is -0.304 e. The van der Waals surface area contributed by atoms with Crippen molar-refractivity contribution in [1.82, 2.24) is 20.4 Å².